The average molecular weight is 514 g/mol. The average Bonchev–Trinajstić information content (AvgIpc) is 2.79. The number of halogens is 2. The van der Waals surface area contributed by atoms with Crippen LogP contribution >= 0.6 is 11.6 Å². The van der Waals surface area contributed by atoms with E-state index in [0.29, 0.717) is 17.0 Å². The summed E-state index contributed by atoms with van der Waals surface area (Å²) in [5.41, 5.74) is 1.01. The highest BCUT2D eigenvalue weighted by Crippen LogP contribution is 2.30. The highest BCUT2D eigenvalue weighted by Gasteiger charge is 2.26. The molecule has 0 aromatic heterocycles. The number of hydrogen-bond donors (Lipinski definition) is 1. The van der Waals surface area contributed by atoms with Gasteiger partial charge in [-0.15, -0.1) is 0 Å². The minimum atomic E-state index is -3.65. The van der Waals surface area contributed by atoms with E-state index in [9.17, 15) is 22.4 Å². The molecule has 0 bridgehead atoms. The van der Waals surface area contributed by atoms with Gasteiger partial charge < -0.3 is 15.0 Å². The molecule has 1 N–H and O–H groups in total. The number of anilines is 1. The van der Waals surface area contributed by atoms with Gasteiger partial charge in [-0.2, -0.15) is 0 Å². The lowest BCUT2D eigenvalue weighted by Gasteiger charge is -2.29. The second-order valence-electron chi connectivity index (χ2n) is 7.70. The number of likely N-dealkylation sites (N-methyl/N-ethyl adjacent to an activating group) is 1. The molecular weight excluding hydrogens is 485 g/mol. The van der Waals surface area contributed by atoms with Crippen LogP contribution in [-0.2, 0) is 26.2 Å². The van der Waals surface area contributed by atoms with E-state index < -0.39 is 21.9 Å². The maximum Gasteiger partial charge on any atom is 0.242 e. The zero-order chi connectivity index (χ0) is 25.5. The maximum absolute atomic E-state index is 13.3. The van der Waals surface area contributed by atoms with Crippen molar-refractivity contribution in [2.45, 2.75) is 32.4 Å². The molecule has 186 valence electrons. The molecular formula is C23H29ClFN3O5S. The standard InChI is InChI=1S/C23H29ClFN3O5S/c1-16(23(30)26-2)27(15-17-7-9-18(25)10-8-17)22(29)6-5-13-28(34(4,31)32)19-11-12-21(33-3)20(24)14-19/h7-12,14,16H,5-6,13,15H2,1-4H3,(H,26,30)/t16-/m0/s1. The molecule has 0 unspecified atom stereocenters. The number of carbonyl (C=O) groups excluding carboxylic acids is 2. The van der Waals surface area contributed by atoms with Crippen molar-refractivity contribution in [2.24, 2.45) is 0 Å². The van der Waals surface area contributed by atoms with E-state index in [0.717, 1.165) is 10.6 Å². The van der Waals surface area contributed by atoms with Gasteiger partial charge in [0.15, 0.2) is 0 Å². The first-order valence-electron chi connectivity index (χ1n) is 10.5. The summed E-state index contributed by atoms with van der Waals surface area (Å²) in [6, 6.07) is 9.51. The van der Waals surface area contributed by atoms with Crippen LogP contribution in [0.2, 0.25) is 5.02 Å². The van der Waals surface area contributed by atoms with E-state index in [1.54, 1.807) is 31.2 Å². The van der Waals surface area contributed by atoms with Crippen LogP contribution in [0.4, 0.5) is 10.1 Å². The number of carbonyl (C=O) groups is 2. The minimum Gasteiger partial charge on any atom is -0.495 e. The van der Waals surface area contributed by atoms with Crippen molar-refractivity contribution in [2.75, 3.05) is 31.3 Å². The van der Waals surface area contributed by atoms with E-state index in [1.807, 2.05) is 0 Å². The molecule has 2 amide bonds. The Morgan fingerprint density at radius 3 is 2.35 bits per heavy atom. The van der Waals surface area contributed by atoms with Crippen LogP contribution in [0.3, 0.4) is 0 Å². The number of amides is 2. The molecule has 8 nitrogen and oxygen atoms in total. The Labute approximate surface area is 204 Å². The number of ether oxygens (including phenoxy) is 1. The van der Waals surface area contributed by atoms with Gasteiger partial charge in [0.1, 0.15) is 17.6 Å². The first-order valence-corrected chi connectivity index (χ1v) is 12.8. The number of methoxy groups -OCH3 is 1. The first-order chi connectivity index (χ1) is 16.0. The third-order valence-corrected chi connectivity index (χ3v) is 6.74. The van der Waals surface area contributed by atoms with Gasteiger partial charge in [0.05, 0.1) is 24.1 Å². The first kappa shape index (κ1) is 27.4. The number of rotatable bonds is 11. The molecule has 0 saturated heterocycles. The number of nitrogens with zero attached hydrogens (tertiary/aromatic N) is 2. The topological polar surface area (TPSA) is 96.0 Å². The lowest BCUT2D eigenvalue weighted by Crippen LogP contribution is -2.46. The highest BCUT2D eigenvalue weighted by atomic mass is 35.5. The summed E-state index contributed by atoms with van der Waals surface area (Å²) in [6.45, 7) is 1.74. The molecule has 2 aromatic carbocycles. The Morgan fingerprint density at radius 1 is 1.18 bits per heavy atom. The molecule has 1 atom stereocenters. The fourth-order valence-corrected chi connectivity index (χ4v) is 4.60. The molecule has 2 rings (SSSR count). The van der Waals surface area contributed by atoms with Gasteiger partial charge in [0.2, 0.25) is 21.8 Å². The van der Waals surface area contributed by atoms with Gasteiger partial charge >= 0.3 is 0 Å². The van der Waals surface area contributed by atoms with Gasteiger partial charge in [-0.1, -0.05) is 23.7 Å². The van der Waals surface area contributed by atoms with Crippen LogP contribution in [0, 0.1) is 5.82 Å². The van der Waals surface area contributed by atoms with Gasteiger partial charge in [-0.3, -0.25) is 13.9 Å². The fraction of sp³-hybridized carbons (Fsp3) is 0.391. The lowest BCUT2D eigenvalue weighted by atomic mass is 10.1. The predicted molar refractivity (Wildman–Crippen MR) is 130 cm³/mol. The van der Waals surface area contributed by atoms with Crippen molar-refractivity contribution < 1.29 is 27.1 Å². The summed E-state index contributed by atoms with van der Waals surface area (Å²) < 4.78 is 44.3. The Hall–Kier alpha value is -2.85. The van der Waals surface area contributed by atoms with E-state index in [1.165, 1.54) is 37.3 Å². The number of nitrogens with one attached hydrogen (secondary N) is 1. The molecule has 0 heterocycles. The van der Waals surface area contributed by atoms with Crippen LogP contribution in [-0.4, -0.2) is 58.1 Å². The van der Waals surface area contributed by atoms with Crippen molar-refractivity contribution in [1.29, 1.82) is 0 Å². The van der Waals surface area contributed by atoms with Gasteiger partial charge in [0, 0.05) is 26.6 Å². The number of hydrogen-bond acceptors (Lipinski definition) is 5. The maximum atomic E-state index is 13.3. The Bertz CT molecular complexity index is 1110. The van der Waals surface area contributed by atoms with E-state index in [-0.39, 0.29) is 42.8 Å². The van der Waals surface area contributed by atoms with Crippen LogP contribution in [0.5, 0.6) is 5.75 Å². The third kappa shape index (κ3) is 7.33. The minimum absolute atomic E-state index is 0.00155. The van der Waals surface area contributed by atoms with Gasteiger partial charge in [-0.25, -0.2) is 12.8 Å². The summed E-state index contributed by atoms with van der Waals surface area (Å²) in [4.78, 5) is 26.6. The van der Waals surface area contributed by atoms with Crippen molar-refractivity contribution in [1.82, 2.24) is 10.2 Å². The normalized spacial score (nSPS) is 12.1. The largest absolute Gasteiger partial charge is 0.495 e. The van der Waals surface area contributed by atoms with E-state index in [4.69, 9.17) is 16.3 Å². The fourth-order valence-electron chi connectivity index (χ4n) is 3.39. The van der Waals surface area contributed by atoms with Crippen LogP contribution < -0.4 is 14.4 Å². The molecule has 2 aromatic rings. The molecule has 34 heavy (non-hydrogen) atoms. The molecule has 0 spiro atoms. The van der Waals surface area contributed by atoms with E-state index >= 15 is 0 Å². The third-order valence-electron chi connectivity index (χ3n) is 5.26. The smallest absolute Gasteiger partial charge is 0.242 e. The second-order valence-corrected chi connectivity index (χ2v) is 10.0. The zero-order valence-electron chi connectivity index (χ0n) is 19.5. The van der Waals surface area contributed by atoms with Gasteiger partial charge in [0.25, 0.3) is 0 Å². The van der Waals surface area contributed by atoms with Crippen LogP contribution in [0.15, 0.2) is 42.5 Å². The zero-order valence-corrected chi connectivity index (χ0v) is 21.1. The SMILES string of the molecule is CNC(=O)[C@H](C)N(Cc1ccc(F)cc1)C(=O)CCCN(c1ccc(OC)c(Cl)c1)S(C)(=O)=O. The number of sulfonamides is 1. The Kier molecular flexibility index (Phi) is 9.69. The van der Waals surface area contributed by atoms with Crippen molar-refractivity contribution in [3.63, 3.8) is 0 Å². The summed E-state index contributed by atoms with van der Waals surface area (Å²) in [6.07, 6.45) is 1.27. The summed E-state index contributed by atoms with van der Waals surface area (Å²) >= 11 is 6.15. The Morgan fingerprint density at radius 2 is 1.82 bits per heavy atom. The molecule has 11 heteroatoms. The van der Waals surface area contributed by atoms with Crippen LogP contribution in [0.25, 0.3) is 0 Å². The van der Waals surface area contributed by atoms with Gasteiger partial charge in [-0.05, 0) is 49.2 Å². The van der Waals surface area contributed by atoms with Crippen molar-refractivity contribution in [3.05, 3.63) is 58.9 Å². The lowest BCUT2D eigenvalue weighted by molar-refractivity contribution is -0.140. The summed E-state index contributed by atoms with van der Waals surface area (Å²) in [5, 5.41) is 2.78. The monoisotopic (exact) mass is 513 g/mol. The van der Waals surface area contributed by atoms with Crippen molar-refractivity contribution >= 4 is 39.1 Å². The molecule has 0 aliphatic heterocycles. The summed E-state index contributed by atoms with van der Waals surface area (Å²) in [7, 11) is -0.717. The molecule has 0 radical (unpaired) electrons. The number of benzene rings is 2. The molecule has 0 aliphatic carbocycles. The van der Waals surface area contributed by atoms with E-state index in [2.05, 4.69) is 5.32 Å². The highest BCUT2D eigenvalue weighted by molar-refractivity contribution is 7.92. The predicted octanol–water partition coefficient (Wildman–Crippen LogP) is 3.20. The van der Waals surface area contributed by atoms with Crippen molar-refractivity contribution in [3.8, 4) is 5.75 Å². The molecule has 0 fully saturated rings. The Balaban J connectivity index is 2.16. The molecule has 0 aliphatic rings. The second kappa shape index (κ2) is 12.0. The quantitative estimate of drug-likeness (QED) is 0.498. The summed E-state index contributed by atoms with van der Waals surface area (Å²) in [5.74, 6) is -0.670. The van der Waals surface area contributed by atoms with Crippen LogP contribution in [0.1, 0.15) is 25.3 Å². The molecule has 0 saturated carbocycles.